The molecule has 7 heteroatoms. The first-order valence-electron chi connectivity index (χ1n) is 8.38. The molecule has 1 fully saturated rings. The van der Waals surface area contributed by atoms with E-state index in [9.17, 15) is 9.59 Å². The smallest absolute Gasteiger partial charge is 0.409 e. The lowest BCUT2D eigenvalue weighted by Crippen LogP contribution is -2.48. The fourth-order valence-electron chi connectivity index (χ4n) is 3.33. The molecule has 1 saturated heterocycles. The summed E-state index contributed by atoms with van der Waals surface area (Å²) in [7, 11) is 0. The number of ether oxygens (including phenoxy) is 1. The van der Waals surface area contributed by atoms with Gasteiger partial charge in [0.1, 0.15) is 0 Å². The van der Waals surface area contributed by atoms with Crippen molar-refractivity contribution in [2.75, 3.05) is 19.7 Å². The molecule has 0 aliphatic carbocycles. The molecule has 7 nitrogen and oxygen atoms in total. The van der Waals surface area contributed by atoms with Crippen molar-refractivity contribution >= 4 is 12.0 Å². The highest BCUT2D eigenvalue weighted by Crippen LogP contribution is 2.21. The second-order valence-electron chi connectivity index (χ2n) is 6.24. The van der Waals surface area contributed by atoms with E-state index >= 15 is 0 Å². The summed E-state index contributed by atoms with van der Waals surface area (Å²) in [4.78, 5) is 30.0. The number of hydrogen-bond acceptors (Lipinski definition) is 4. The van der Waals surface area contributed by atoms with Crippen LogP contribution < -0.4 is 5.32 Å². The van der Waals surface area contributed by atoms with Gasteiger partial charge in [-0.1, -0.05) is 0 Å². The van der Waals surface area contributed by atoms with E-state index in [2.05, 4.69) is 14.9 Å². The van der Waals surface area contributed by atoms with Crippen molar-refractivity contribution in [3.05, 3.63) is 18.2 Å². The first kappa shape index (κ1) is 15.8. The Hall–Kier alpha value is -2.05. The molecule has 0 bridgehead atoms. The summed E-state index contributed by atoms with van der Waals surface area (Å²) in [6.07, 6.45) is 6.61. The van der Waals surface area contributed by atoms with Crippen LogP contribution in [0.1, 0.15) is 31.9 Å². The molecule has 2 aliphatic heterocycles. The number of piperidine rings is 1. The van der Waals surface area contributed by atoms with Gasteiger partial charge in [0.25, 0.3) is 0 Å². The quantitative estimate of drug-likeness (QED) is 0.907. The summed E-state index contributed by atoms with van der Waals surface area (Å²) in [5.41, 5.74) is 1.13. The van der Waals surface area contributed by atoms with E-state index in [4.69, 9.17) is 4.74 Å². The Morgan fingerprint density at radius 1 is 1.30 bits per heavy atom. The number of hydrogen-bond donors (Lipinski definition) is 1. The van der Waals surface area contributed by atoms with E-state index in [0.717, 1.165) is 37.9 Å². The molecule has 0 radical (unpaired) electrons. The third-order valence-electron chi connectivity index (χ3n) is 4.71. The minimum absolute atomic E-state index is 0.0299. The first-order chi connectivity index (χ1) is 11.2. The highest BCUT2D eigenvalue weighted by molar-refractivity contribution is 5.79. The number of carbonyl (C=O) groups is 2. The highest BCUT2D eigenvalue weighted by Gasteiger charge is 2.29. The molecule has 0 spiro atoms. The van der Waals surface area contributed by atoms with Gasteiger partial charge in [0.2, 0.25) is 5.91 Å². The summed E-state index contributed by atoms with van der Waals surface area (Å²) in [6, 6.07) is 0.153. The van der Waals surface area contributed by atoms with Gasteiger partial charge >= 0.3 is 6.09 Å². The minimum atomic E-state index is -0.252. The molecule has 1 aromatic rings. The Morgan fingerprint density at radius 3 is 2.83 bits per heavy atom. The Balaban J connectivity index is 1.46. The van der Waals surface area contributed by atoms with Crippen LogP contribution in [0, 0.1) is 5.92 Å². The van der Waals surface area contributed by atoms with E-state index < -0.39 is 0 Å². The summed E-state index contributed by atoms with van der Waals surface area (Å²) >= 11 is 0. The first-order valence-corrected chi connectivity index (χ1v) is 8.38. The zero-order valence-corrected chi connectivity index (χ0v) is 13.5. The van der Waals surface area contributed by atoms with Crippen LogP contribution in [0.2, 0.25) is 0 Å². The molecule has 0 saturated carbocycles. The van der Waals surface area contributed by atoms with Gasteiger partial charge in [-0.15, -0.1) is 0 Å². The van der Waals surface area contributed by atoms with Crippen LogP contribution in [0.3, 0.4) is 0 Å². The van der Waals surface area contributed by atoms with E-state index in [1.54, 1.807) is 11.8 Å². The maximum Gasteiger partial charge on any atom is 0.409 e. The fourth-order valence-corrected chi connectivity index (χ4v) is 3.33. The van der Waals surface area contributed by atoms with Crippen molar-refractivity contribution in [3.63, 3.8) is 0 Å². The lowest BCUT2D eigenvalue weighted by molar-refractivity contribution is -0.126. The van der Waals surface area contributed by atoms with Gasteiger partial charge in [-0.05, 0) is 26.2 Å². The van der Waals surface area contributed by atoms with Crippen molar-refractivity contribution in [2.45, 2.75) is 45.2 Å². The van der Waals surface area contributed by atoms with Crippen molar-refractivity contribution in [1.29, 1.82) is 0 Å². The second-order valence-corrected chi connectivity index (χ2v) is 6.24. The molecule has 0 aromatic carbocycles. The standard InChI is InChI=1S/C16H24N4O3/c1-2-23-16(22)19-7-4-13(5-8-19)18-15(21)12-3-6-20-11-17-10-14(20)9-12/h10-13H,2-9H2,1H3,(H,18,21). The molecule has 23 heavy (non-hydrogen) atoms. The molecular formula is C16H24N4O3. The molecule has 1 unspecified atom stereocenters. The fraction of sp³-hybridized carbons (Fsp3) is 0.688. The van der Waals surface area contributed by atoms with Crippen LogP contribution in [0.4, 0.5) is 4.79 Å². The number of amides is 2. The normalized spacial score (nSPS) is 21.6. The summed E-state index contributed by atoms with van der Waals surface area (Å²) < 4.78 is 7.12. The number of nitrogens with zero attached hydrogens (tertiary/aromatic N) is 3. The van der Waals surface area contributed by atoms with Crippen molar-refractivity contribution in [2.24, 2.45) is 5.92 Å². The largest absolute Gasteiger partial charge is 0.450 e. The Labute approximate surface area is 136 Å². The van der Waals surface area contributed by atoms with Crippen LogP contribution in [-0.2, 0) is 22.5 Å². The number of rotatable bonds is 3. The molecule has 2 amide bonds. The topological polar surface area (TPSA) is 76.5 Å². The van der Waals surface area contributed by atoms with E-state index in [1.165, 1.54) is 0 Å². The van der Waals surface area contributed by atoms with E-state index in [-0.39, 0.29) is 24.0 Å². The molecule has 1 N–H and O–H groups in total. The number of aryl methyl sites for hydroxylation is 1. The molecule has 2 aliphatic rings. The van der Waals surface area contributed by atoms with Crippen LogP contribution in [0.5, 0.6) is 0 Å². The maximum absolute atomic E-state index is 12.5. The number of carbonyl (C=O) groups excluding carboxylic acids is 2. The lowest BCUT2D eigenvalue weighted by atomic mass is 9.94. The SMILES string of the molecule is CCOC(=O)N1CCC(NC(=O)C2CCn3cncc3C2)CC1. The predicted octanol–water partition coefficient (Wildman–Crippen LogP) is 1.18. The average molecular weight is 320 g/mol. The average Bonchev–Trinajstić information content (AvgIpc) is 3.03. The van der Waals surface area contributed by atoms with Gasteiger partial charge in [-0.2, -0.15) is 0 Å². The zero-order chi connectivity index (χ0) is 16.2. The van der Waals surface area contributed by atoms with Crippen LogP contribution in [-0.4, -0.2) is 52.2 Å². The van der Waals surface area contributed by atoms with Gasteiger partial charge in [-0.25, -0.2) is 9.78 Å². The third-order valence-corrected chi connectivity index (χ3v) is 4.71. The molecule has 126 valence electrons. The van der Waals surface area contributed by atoms with Crippen LogP contribution in [0.15, 0.2) is 12.5 Å². The van der Waals surface area contributed by atoms with Gasteiger partial charge in [0, 0.05) is 49.9 Å². The molecular weight excluding hydrogens is 296 g/mol. The molecule has 3 rings (SSSR count). The number of aromatic nitrogens is 2. The lowest BCUT2D eigenvalue weighted by Gasteiger charge is -2.33. The van der Waals surface area contributed by atoms with Crippen molar-refractivity contribution < 1.29 is 14.3 Å². The molecule has 1 atom stereocenters. The molecule has 1 aromatic heterocycles. The predicted molar refractivity (Wildman–Crippen MR) is 83.8 cm³/mol. The zero-order valence-electron chi connectivity index (χ0n) is 13.5. The minimum Gasteiger partial charge on any atom is -0.450 e. The van der Waals surface area contributed by atoms with Crippen LogP contribution in [0.25, 0.3) is 0 Å². The van der Waals surface area contributed by atoms with E-state index in [0.29, 0.717) is 19.7 Å². The van der Waals surface area contributed by atoms with E-state index in [1.807, 2.05) is 12.5 Å². The number of fused-ring (bicyclic) bond motifs is 1. The summed E-state index contributed by atoms with van der Waals surface area (Å²) in [6.45, 7) is 4.34. The number of likely N-dealkylation sites (tertiary alicyclic amines) is 1. The molecule has 3 heterocycles. The maximum atomic E-state index is 12.5. The van der Waals surface area contributed by atoms with Gasteiger partial charge < -0.3 is 19.5 Å². The Morgan fingerprint density at radius 2 is 2.09 bits per heavy atom. The Bertz CT molecular complexity index is 563. The second kappa shape index (κ2) is 7.02. The van der Waals surface area contributed by atoms with Gasteiger partial charge in [0.15, 0.2) is 0 Å². The number of nitrogens with one attached hydrogen (secondary N) is 1. The Kier molecular flexibility index (Phi) is 4.83. The third kappa shape index (κ3) is 3.65. The van der Waals surface area contributed by atoms with Crippen molar-refractivity contribution in [3.8, 4) is 0 Å². The summed E-state index contributed by atoms with van der Waals surface area (Å²) in [5, 5.41) is 3.16. The van der Waals surface area contributed by atoms with Crippen LogP contribution >= 0.6 is 0 Å². The highest BCUT2D eigenvalue weighted by atomic mass is 16.6. The summed E-state index contributed by atoms with van der Waals surface area (Å²) in [5.74, 6) is 0.161. The monoisotopic (exact) mass is 320 g/mol. The van der Waals surface area contributed by atoms with Gasteiger partial charge in [0.05, 0.1) is 12.9 Å². The van der Waals surface area contributed by atoms with Crippen molar-refractivity contribution in [1.82, 2.24) is 19.8 Å². The van der Waals surface area contributed by atoms with Gasteiger partial charge in [-0.3, -0.25) is 4.79 Å². The number of imidazole rings is 1.